The molecule has 0 radical (unpaired) electrons. The Hall–Kier alpha value is -2.23. The van der Waals surface area contributed by atoms with Crippen LogP contribution in [0.5, 0.6) is 11.5 Å². The number of rotatable bonds is 6. The fourth-order valence-corrected chi connectivity index (χ4v) is 1.66. The Morgan fingerprint density at radius 2 is 1.85 bits per heavy atom. The summed E-state index contributed by atoms with van der Waals surface area (Å²) in [6.07, 6.45) is 6.26. The maximum atomic E-state index is 11.7. The van der Waals surface area contributed by atoms with Crippen LogP contribution in [0.1, 0.15) is 18.9 Å². The normalized spacial score (nSPS) is 11.5. The molecule has 0 aliphatic rings. The first kappa shape index (κ1) is 15.8. The van der Waals surface area contributed by atoms with Crippen molar-refractivity contribution in [3.05, 3.63) is 41.5 Å². The van der Waals surface area contributed by atoms with Crippen LogP contribution in [0.2, 0.25) is 0 Å². The first-order valence-corrected chi connectivity index (χ1v) is 6.34. The lowest BCUT2D eigenvalue weighted by molar-refractivity contribution is -0.135. The Labute approximate surface area is 119 Å². The summed E-state index contributed by atoms with van der Waals surface area (Å²) < 4.78 is 15.2. The number of benzene rings is 1. The van der Waals surface area contributed by atoms with E-state index in [0.717, 1.165) is 12.0 Å². The smallest absolute Gasteiger partial charge is 0.337 e. The van der Waals surface area contributed by atoms with Crippen molar-refractivity contribution < 1.29 is 19.0 Å². The second-order valence-corrected chi connectivity index (χ2v) is 4.02. The van der Waals surface area contributed by atoms with Crippen LogP contribution in [0.3, 0.4) is 0 Å². The second-order valence-electron chi connectivity index (χ2n) is 4.02. The Morgan fingerprint density at radius 3 is 2.40 bits per heavy atom. The van der Waals surface area contributed by atoms with Crippen molar-refractivity contribution >= 4 is 12.0 Å². The third-order valence-corrected chi connectivity index (χ3v) is 2.68. The Bertz CT molecular complexity index is 515. The van der Waals surface area contributed by atoms with E-state index in [0.29, 0.717) is 17.1 Å². The van der Waals surface area contributed by atoms with Crippen molar-refractivity contribution in [2.75, 3.05) is 21.3 Å². The molecule has 0 aliphatic heterocycles. The van der Waals surface area contributed by atoms with E-state index in [2.05, 4.69) is 0 Å². The van der Waals surface area contributed by atoms with Gasteiger partial charge in [0, 0.05) is 0 Å². The molecule has 0 saturated carbocycles. The summed E-state index contributed by atoms with van der Waals surface area (Å²) in [6.45, 7) is 2.00. The maximum Gasteiger partial charge on any atom is 0.337 e. The van der Waals surface area contributed by atoms with Crippen molar-refractivity contribution in [1.29, 1.82) is 0 Å². The molecule has 0 fully saturated rings. The second kappa shape index (κ2) is 8.04. The van der Waals surface area contributed by atoms with Gasteiger partial charge in [0.2, 0.25) is 0 Å². The molecule has 1 rings (SSSR count). The average Bonchev–Trinajstić information content (AvgIpc) is 2.50. The number of hydrogen-bond acceptors (Lipinski definition) is 4. The number of carbonyl (C=O) groups excluding carboxylic acids is 1. The maximum absolute atomic E-state index is 11.7. The van der Waals surface area contributed by atoms with Crippen molar-refractivity contribution in [1.82, 2.24) is 0 Å². The summed E-state index contributed by atoms with van der Waals surface area (Å²) in [4.78, 5) is 11.7. The number of ether oxygens (including phenoxy) is 3. The summed E-state index contributed by atoms with van der Waals surface area (Å²) in [7, 11) is 4.52. The average molecular weight is 276 g/mol. The number of esters is 1. The van der Waals surface area contributed by atoms with Gasteiger partial charge in [-0.25, -0.2) is 4.79 Å². The molecule has 0 N–H and O–H groups in total. The van der Waals surface area contributed by atoms with E-state index in [1.54, 1.807) is 32.4 Å². The third kappa shape index (κ3) is 4.16. The molecule has 0 amide bonds. The van der Waals surface area contributed by atoms with E-state index in [1.807, 2.05) is 25.1 Å². The first-order chi connectivity index (χ1) is 9.65. The van der Waals surface area contributed by atoms with Crippen LogP contribution >= 0.6 is 0 Å². The quantitative estimate of drug-likeness (QED) is 0.454. The van der Waals surface area contributed by atoms with E-state index in [1.165, 1.54) is 7.11 Å². The molecule has 4 heteroatoms. The predicted octanol–water partition coefficient (Wildman–Crippen LogP) is 3.23. The highest BCUT2D eigenvalue weighted by molar-refractivity contribution is 5.96. The number of carbonyl (C=O) groups is 1. The van der Waals surface area contributed by atoms with Gasteiger partial charge in [0.05, 0.1) is 26.9 Å². The molecule has 0 heterocycles. The lowest BCUT2D eigenvalue weighted by Crippen LogP contribution is -2.02. The molecular weight excluding hydrogens is 256 g/mol. The van der Waals surface area contributed by atoms with Crippen molar-refractivity contribution in [2.24, 2.45) is 0 Å². The van der Waals surface area contributed by atoms with Crippen LogP contribution in [-0.2, 0) is 9.53 Å². The minimum absolute atomic E-state index is 0.371. The van der Waals surface area contributed by atoms with Crippen molar-refractivity contribution in [3.8, 4) is 11.5 Å². The molecule has 0 aromatic heterocycles. The zero-order chi connectivity index (χ0) is 15.0. The zero-order valence-corrected chi connectivity index (χ0v) is 12.3. The van der Waals surface area contributed by atoms with Crippen LogP contribution in [0, 0.1) is 0 Å². The highest BCUT2D eigenvalue weighted by Crippen LogP contribution is 2.28. The first-order valence-electron chi connectivity index (χ1n) is 6.34. The molecule has 0 atom stereocenters. The minimum atomic E-state index is -0.371. The van der Waals surface area contributed by atoms with E-state index in [-0.39, 0.29) is 5.97 Å². The summed E-state index contributed by atoms with van der Waals surface area (Å²) in [6, 6.07) is 5.45. The van der Waals surface area contributed by atoms with Gasteiger partial charge >= 0.3 is 5.97 Å². The SMILES string of the molecule is CC/C=C/C(=C\c1ccc(OC)c(OC)c1)C(=O)OC. The standard InChI is InChI=1S/C16H20O4/c1-5-6-7-13(16(17)20-4)10-12-8-9-14(18-2)15(11-12)19-3/h6-11H,5H2,1-4H3/b7-6+,13-10+. The highest BCUT2D eigenvalue weighted by atomic mass is 16.5. The third-order valence-electron chi connectivity index (χ3n) is 2.68. The summed E-state index contributed by atoms with van der Waals surface area (Å²) in [5.41, 5.74) is 1.32. The highest BCUT2D eigenvalue weighted by Gasteiger charge is 2.08. The molecule has 0 bridgehead atoms. The van der Waals surface area contributed by atoms with Crippen LogP contribution in [0.4, 0.5) is 0 Å². The molecule has 1 aromatic rings. The summed E-state index contributed by atoms with van der Waals surface area (Å²) >= 11 is 0. The molecule has 1 aromatic carbocycles. The Balaban J connectivity index is 3.16. The van der Waals surface area contributed by atoms with Crippen LogP contribution in [0.25, 0.3) is 6.08 Å². The monoisotopic (exact) mass is 276 g/mol. The van der Waals surface area contributed by atoms with E-state index in [4.69, 9.17) is 14.2 Å². The van der Waals surface area contributed by atoms with Crippen LogP contribution in [-0.4, -0.2) is 27.3 Å². The molecule has 4 nitrogen and oxygen atoms in total. The van der Waals surface area contributed by atoms with Gasteiger partial charge in [0.25, 0.3) is 0 Å². The van der Waals surface area contributed by atoms with Gasteiger partial charge in [-0.2, -0.15) is 0 Å². The topological polar surface area (TPSA) is 44.8 Å². The van der Waals surface area contributed by atoms with E-state index >= 15 is 0 Å². The number of hydrogen-bond donors (Lipinski definition) is 0. The molecule has 0 saturated heterocycles. The molecule has 108 valence electrons. The van der Waals surface area contributed by atoms with E-state index in [9.17, 15) is 4.79 Å². The number of allylic oxidation sites excluding steroid dienone is 1. The predicted molar refractivity (Wildman–Crippen MR) is 79.0 cm³/mol. The molecule has 0 unspecified atom stereocenters. The van der Waals surface area contributed by atoms with Gasteiger partial charge in [-0.05, 0) is 30.2 Å². The summed E-state index contributed by atoms with van der Waals surface area (Å²) in [5, 5.41) is 0. The molecule has 0 spiro atoms. The van der Waals surface area contributed by atoms with Gasteiger partial charge in [0.1, 0.15) is 0 Å². The van der Waals surface area contributed by atoms with Gasteiger partial charge in [-0.1, -0.05) is 25.1 Å². The molecular formula is C16H20O4. The fourth-order valence-electron chi connectivity index (χ4n) is 1.66. The molecule has 20 heavy (non-hydrogen) atoms. The van der Waals surface area contributed by atoms with Crippen LogP contribution < -0.4 is 9.47 Å². The van der Waals surface area contributed by atoms with Gasteiger partial charge < -0.3 is 14.2 Å². The Kier molecular flexibility index (Phi) is 6.37. The minimum Gasteiger partial charge on any atom is -0.493 e. The lowest BCUT2D eigenvalue weighted by Gasteiger charge is -2.08. The summed E-state index contributed by atoms with van der Waals surface area (Å²) in [5.74, 6) is 0.891. The number of methoxy groups -OCH3 is 3. The Morgan fingerprint density at radius 1 is 1.15 bits per heavy atom. The van der Waals surface area contributed by atoms with Crippen molar-refractivity contribution in [2.45, 2.75) is 13.3 Å². The van der Waals surface area contributed by atoms with E-state index < -0.39 is 0 Å². The zero-order valence-electron chi connectivity index (χ0n) is 12.3. The largest absolute Gasteiger partial charge is 0.493 e. The van der Waals surface area contributed by atoms with Crippen LogP contribution in [0.15, 0.2) is 35.9 Å². The van der Waals surface area contributed by atoms with Gasteiger partial charge in [0.15, 0.2) is 11.5 Å². The lowest BCUT2D eigenvalue weighted by atomic mass is 10.1. The van der Waals surface area contributed by atoms with Crippen molar-refractivity contribution in [3.63, 3.8) is 0 Å². The fraction of sp³-hybridized carbons (Fsp3) is 0.312. The molecule has 0 aliphatic carbocycles. The van der Waals surface area contributed by atoms with Gasteiger partial charge in [-0.3, -0.25) is 0 Å². The van der Waals surface area contributed by atoms with Gasteiger partial charge in [-0.15, -0.1) is 0 Å².